The number of phosphoric acid groups is 1. The molecule has 0 rings (SSSR count). The summed E-state index contributed by atoms with van der Waals surface area (Å²) in [7, 11) is 1.19. The second-order valence-electron chi connectivity index (χ2n) is 26.8. The first-order valence-electron chi connectivity index (χ1n) is 37.9. The molecule has 0 aromatic rings. The van der Waals surface area contributed by atoms with Gasteiger partial charge in [0, 0.05) is 12.8 Å². The molecular formula is C79H145N2O7P. The second-order valence-corrected chi connectivity index (χ2v) is 28.2. The van der Waals surface area contributed by atoms with Crippen LogP contribution in [0.1, 0.15) is 355 Å². The van der Waals surface area contributed by atoms with Gasteiger partial charge < -0.3 is 28.5 Å². The zero-order chi connectivity index (χ0) is 64.9. The Bertz CT molecular complexity index is 1800. The topological polar surface area (TPSA) is 114 Å². The van der Waals surface area contributed by atoms with E-state index in [4.69, 9.17) is 13.8 Å². The summed E-state index contributed by atoms with van der Waals surface area (Å²) in [5.74, 6) is -0.535. The number of hydrogen-bond donors (Lipinski definition) is 1. The van der Waals surface area contributed by atoms with Crippen LogP contribution in [0.4, 0.5) is 0 Å². The number of unbranched alkanes of at least 4 members (excludes halogenated alkanes) is 41. The van der Waals surface area contributed by atoms with Gasteiger partial charge in [-0.15, -0.1) is 0 Å². The van der Waals surface area contributed by atoms with Crippen LogP contribution >= 0.6 is 7.82 Å². The molecule has 0 saturated heterocycles. The fourth-order valence-electron chi connectivity index (χ4n) is 11.0. The van der Waals surface area contributed by atoms with Crippen molar-refractivity contribution >= 4 is 19.7 Å². The van der Waals surface area contributed by atoms with Gasteiger partial charge in [-0.3, -0.25) is 14.2 Å². The molecule has 3 atom stereocenters. The number of rotatable bonds is 69. The van der Waals surface area contributed by atoms with Crippen molar-refractivity contribution in [1.82, 2.24) is 5.32 Å². The minimum atomic E-state index is -4.71. The Labute approximate surface area is 552 Å². The average molecular weight is 1270 g/mol. The minimum absolute atomic E-state index is 0.0246. The van der Waals surface area contributed by atoms with E-state index >= 15 is 0 Å². The highest BCUT2D eigenvalue weighted by Gasteiger charge is 2.27. The molecule has 3 unspecified atom stereocenters. The maximum Gasteiger partial charge on any atom is 0.306 e. The Morgan fingerprint density at radius 3 is 1.04 bits per heavy atom. The fourth-order valence-corrected chi connectivity index (χ4v) is 11.7. The minimum Gasteiger partial charge on any atom is -0.756 e. The van der Waals surface area contributed by atoms with Crippen molar-refractivity contribution in [2.75, 3.05) is 40.9 Å². The largest absolute Gasteiger partial charge is 0.756 e. The SMILES string of the molecule is CCCCC/C=C\C/C=C\C/C=C\C/C=C\CCCCCCCCCCCCCC(=O)NC(COP(=O)([O-])OCC[N+](C)(C)C)C(/C=C\CCCCCCCCCCCCC)OC(=O)CCCCCCCCCCCCCCC/C=C\C/C=C\CCCCC. The van der Waals surface area contributed by atoms with E-state index in [0.29, 0.717) is 17.4 Å². The number of nitrogens with zero attached hydrogens (tertiary/aromatic N) is 1. The van der Waals surface area contributed by atoms with Gasteiger partial charge in [-0.1, -0.05) is 318 Å². The van der Waals surface area contributed by atoms with Crippen LogP contribution in [0.3, 0.4) is 0 Å². The van der Waals surface area contributed by atoms with E-state index in [9.17, 15) is 19.0 Å². The summed E-state index contributed by atoms with van der Waals surface area (Å²) in [6.45, 7) is 6.83. The van der Waals surface area contributed by atoms with Crippen LogP contribution in [0.5, 0.6) is 0 Å². The molecule has 10 heteroatoms. The predicted octanol–water partition coefficient (Wildman–Crippen LogP) is 23.8. The van der Waals surface area contributed by atoms with Crippen LogP contribution in [0, 0.1) is 0 Å². The molecule has 0 aliphatic rings. The Morgan fingerprint density at radius 2 is 0.685 bits per heavy atom. The summed E-state index contributed by atoms with van der Waals surface area (Å²) in [4.78, 5) is 40.3. The van der Waals surface area contributed by atoms with Gasteiger partial charge in [0.05, 0.1) is 33.8 Å². The lowest BCUT2D eigenvalue weighted by Gasteiger charge is -2.30. The molecule has 0 aromatic heterocycles. The highest BCUT2D eigenvalue weighted by molar-refractivity contribution is 7.45. The van der Waals surface area contributed by atoms with Crippen molar-refractivity contribution in [2.24, 2.45) is 0 Å². The third kappa shape index (κ3) is 69.4. The van der Waals surface area contributed by atoms with Gasteiger partial charge in [-0.2, -0.15) is 0 Å². The molecule has 1 N–H and O–H groups in total. The van der Waals surface area contributed by atoms with E-state index in [2.05, 4.69) is 99.0 Å². The fraction of sp³-hybridized carbons (Fsp3) is 0.797. The number of nitrogens with one attached hydrogen (secondary N) is 1. The molecule has 0 heterocycles. The second kappa shape index (κ2) is 68.1. The zero-order valence-corrected chi connectivity index (χ0v) is 60.3. The van der Waals surface area contributed by atoms with Crippen molar-refractivity contribution in [3.05, 3.63) is 85.1 Å². The number of carbonyl (C=O) groups is 2. The first-order chi connectivity index (χ1) is 43.4. The maximum absolute atomic E-state index is 13.6. The van der Waals surface area contributed by atoms with Crippen LogP contribution in [0.25, 0.3) is 0 Å². The molecule has 0 aromatic carbocycles. The van der Waals surface area contributed by atoms with E-state index in [1.54, 1.807) is 0 Å². The van der Waals surface area contributed by atoms with E-state index in [1.807, 2.05) is 33.3 Å². The number of quaternary nitrogens is 1. The van der Waals surface area contributed by atoms with E-state index in [1.165, 1.54) is 231 Å². The molecule has 518 valence electrons. The quantitative estimate of drug-likeness (QED) is 0.0212. The van der Waals surface area contributed by atoms with Crippen LogP contribution in [-0.4, -0.2) is 69.4 Å². The van der Waals surface area contributed by atoms with Gasteiger partial charge in [0.1, 0.15) is 19.3 Å². The van der Waals surface area contributed by atoms with Crippen LogP contribution in [0.15, 0.2) is 85.1 Å². The van der Waals surface area contributed by atoms with Gasteiger partial charge in [-0.25, -0.2) is 0 Å². The standard InChI is InChI=1S/C79H145N2O7P/c1-7-10-13-16-19-22-25-28-30-32-34-36-38-39-40-41-43-44-46-48-50-53-56-59-62-65-68-71-78(82)80-76(75-87-89(84,85)86-74-73-81(4,5)6)77(70-67-64-61-58-55-52-27-24-21-18-15-12-9-3)88-79(83)72-69-66-63-60-57-54-51-49-47-45-42-37-35-33-31-29-26-23-20-17-14-11-8-2/h19-20,22-23,28-31,34,36,39-40,67,70,76-77H,7-18,21,24-27,32-33,35,37-38,41-66,68-69,71-75H2,1-6H3,(H-,80,82,84,85)/b22-19-,23-20-,30-28-,31-29-,36-34-,40-39-,70-67-. The monoisotopic (exact) mass is 1270 g/mol. The number of carbonyl (C=O) groups excluding carboxylic acids is 2. The van der Waals surface area contributed by atoms with Crippen molar-refractivity contribution in [2.45, 2.75) is 367 Å². The van der Waals surface area contributed by atoms with Gasteiger partial charge >= 0.3 is 5.97 Å². The molecule has 9 nitrogen and oxygen atoms in total. The summed E-state index contributed by atoms with van der Waals surface area (Å²) in [5, 5.41) is 3.05. The van der Waals surface area contributed by atoms with Gasteiger partial charge in [-0.05, 0) is 109 Å². The van der Waals surface area contributed by atoms with Gasteiger partial charge in [0.2, 0.25) is 5.91 Å². The molecule has 0 saturated carbocycles. The summed E-state index contributed by atoms with van der Waals surface area (Å²) in [6, 6.07) is -0.895. The summed E-state index contributed by atoms with van der Waals surface area (Å²) >= 11 is 0. The number of hydrogen-bond acceptors (Lipinski definition) is 7. The lowest BCUT2D eigenvalue weighted by Crippen LogP contribution is -2.47. The molecular weight excluding hydrogens is 1120 g/mol. The van der Waals surface area contributed by atoms with Crippen LogP contribution < -0.4 is 10.2 Å². The number of likely N-dealkylation sites (N-methyl/N-ethyl adjacent to an activating group) is 1. The molecule has 0 bridgehead atoms. The van der Waals surface area contributed by atoms with Crippen molar-refractivity contribution in [1.29, 1.82) is 0 Å². The first kappa shape index (κ1) is 86.2. The van der Waals surface area contributed by atoms with Gasteiger partial charge in [0.25, 0.3) is 7.82 Å². The number of esters is 1. The van der Waals surface area contributed by atoms with Crippen LogP contribution in [-0.2, 0) is 27.9 Å². The third-order valence-corrected chi connectivity index (χ3v) is 17.8. The molecule has 89 heavy (non-hydrogen) atoms. The summed E-state index contributed by atoms with van der Waals surface area (Å²) < 4.78 is 30.5. The van der Waals surface area contributed by atoms with Crippen molar-refractivity contribution in [3.63, 3.8) is 0 Å². The normalized spacial score (nSPS) is 13.9. The van der Waals surface area contributed by atoms with E-state index in [0.717, 1.165) is 89.9 Å². The highest BCUT2D eigenvalue weighted by Crippen LogP contribution is 2.38. The Balaban J connectivity index is 5.03. The average Bonchev–Trinajstić information content (AvgIpc) is 3.65. The molecule has 0 aliphatic heterocycles. The number of amides is 1. The Kier molecular flexibility index (Phi) is 65.9. The number of ether oxygens (including phenoxy) is 1. The summed E-state index contributed by atoms with van der Waals surface area (Å²) in [6.07, 6.45) is 91.3. The zero-order valence-electron chi connectivity index (χ0n) is 59.4. The van der Waals surface area contributed by atoms with Crippen molar-refractivity contribution < 1.29 is 37.3 Å². The molecule has 0 radical (unpaired) electrons. The maximum atomic E-state index is 13.6. The predicted molar refractivity (Wildman–Crippen MR) is 385 cm³/mol. The third-order valence-electron chi connectivity index (χ3n) is 16.8. The smallest absolute Gasteiger partial charge is 0.306 e. The first-order valence-corrected chi connectivity index (χ1v) is 39.4. The molecule has 0 spiro atoms. The number of phosphoric ester groups is 1. The Morgan fingerprint density at radius 1 is 0.393 bits per heavy atom. The molecule has 1 amide bonds. The van der Waals surface area contributed by atoms with Gasteiger partial charge in [0.15, 0.2) is 0 Å². The molecule has 0 aliphatic carbocycles. The lowest BCUT2D eigenvalue weighted by atomic mass is 10.0. The van der Waals surface area contributed by atoms with Crippen LogP contribution in [0.2, 0.25) is 0 Å². The molecule has 0 fully saturated rings. The Hall–Kier alpha value is -2.81. The summed E-state index contributed by atoms with van der Waals surface area (Å²) in [5.41, 5.74) is 0. The lowest BCUT2D eigenvalue weighted by molar-refractivity contribution is -0.870. The van der Waals surface area contributed by atoms with Crippen molar-refractivity contribution in [3.8, 4) is 0 Å². The number of allylic oxidation sites excluding steroid dienone is 13. The highest BCUT2D eigenvalue weighted by atomic mass is 31.2. The van der Waals surface area contributed by atoms with E-state index in [-0.39, 0.29) is 24.9 Å². The van der Waals surface area contributed by atoms with E-state index < -0.39 is 26.6 Å².